The van der Waals surface area contributed by atoms with Crippen molar-refractivity contribution in [2.45, 2.75) is 19.4 Å². The van der Waals surface area contributed by atoms with Crippen LogP contribution in [0.4, 0.5) is 4.39 Å². The zero-order valence-corrected chi connectivity index (χ0v) is 12.4. The second-order valence-corrected chi connectivity index (χ2v) is 7.11. The molecule has 1 saturated heterocycles. The maximum absolute atomic E-state index is 13.4. The number of hydrogen-bond acceptors (Lipinski definition) is 2. The van der Waals surface area contributed by atoms with Crippen LogP contribution in [-0.2, 0) is 10.8 Å². The summed E-state index contributed by atoms with van der Waals surface area (Å²) in [5.41, 5.74) is -0.363. The normalized spacial score (nSPS) is 22.3. The van der Waals surface area contributed by atoms with Gasteiger partial charge in [-0.05, 0) is 26.0 Å². The summed E-state index contributed by atoms with van der Waals surface area (Å²) in [6, 6.07) is 4.19. The minimum Gasteiger partial charge on any atom is -0.332 e. The van der Waals surface area contributed by atoms with Gasteiger partial charge in [-0.15, -0.1) is 0 Å². The Balaban J connectivity index is 2.34. The molecule has 0 aliphatic carbocycles. The molecule has 0 radical (unpaired) electrons. The van der Waals surface area contributed by atoms with Crippen molar-refractivity contribution in [1.29, 1.82) is 0 Å². The lowest BCUT2D eigenvalue weighted by Crippen LogP contribution is -2.56. The predicted octanol–water partition coefficient (Wildman–Crippen LogP) is 2.46. The first kappa shape index (κ1) is 14.5. The molecule has 0 saturated carbocycles. The van der Waals surface area contributed by atoms with Crippen molar-refractivity contribution in [3.63, 3.8) is 0 Å². The predicted molar refractivity (Wildman–Crippen MR) is 74.4 cm³/mol. The third-order valence-electron chi connectivity index (χ3n) is 3.21. The average Bonchev–Trinajstić information content (AvgIpc) is 2.30. The molecule has 104 valence electrons. The second-order valence-electron chi connectivity index (χ2n) is 5.16. The third kappa shape index (κ3) is 2.82. The van der Waals surface area contributed by atoms with Gasteiger partial charge >= 0.3 is 0 Å². The van der Waals surface area contributed by atoms with Crippen molar-refractivity contribution in [3.8, 4) is 0 Å². The van der Waals surface area contributed by atoms with Gasteiger partial charge in [0, 0.05) is 34.4 Å². The van der Waals surface area contributed by atoms with E-state index in [1.807, 2.05) is 13.8 Å². The van der Waals surface area contributed by atoms with Crippen molar-refractivity contribution in [2.24, 2.45) is 0 Å². The monoisotopic (exact) mass is 303 g/mol. The largest absolute Gasteiger partial charge is 0.332 e. The summed E-state index contributed by atoms with van der Waals surface area (Å²) in [4.78, 5) is 14.1. The van der Waals surface area contributed by atoms with Crippen molar-refractivity contribution in [2.75, 3.05) is 18.1 Å². The molecular formula is C13H15ClFNO2S. The minimum absolute atomic E-state index is 0.155. The zero-order valence-electron chi connectivity index (χ0n) is 10.8. The number of hydrogen-bond donors (Lipinski definition) is 0. The molecule has 1 fully saturated rings. The topological polar surface area (TPSA) is 37.4 Å². The second kappa shape index (κ2) is 5.21. The van der Waals surface area contributed by atoms with Crippen LogP contribution >= 0.6 is 11.6 Å². The first-order valence-electron chi connectivity index (χ1n) is 5.94. The highest BCUT2D eigenvalue weighted by Crippen LogP contribution is 2.27. The first-order valence-corrected chi connectivity index (χ1v) is 7.80. The molecule has 19 heavy (non-hydrogen) atoms. The number of rotatable bonds is 1. The van der Waals surface area contributed by atoms with E-state index in [1.165, 1.54) is 18.2 Å². The molecule has 2 rings (SSSR count). The Morgan fingerprint density at radius 3 is 2.79 bits per heavy atom. The van der Waals surface area contributed by atoms with Gasteiger partial charge in [-0.3, -0.25) is 9.00 Å². The standard InChI is InChI=1S/C13H15ClFNO2S/c1-13(2)8-19(18)7-6-16(13)12(17)9-4-3-5-10(15)11(9)14/h3-5H,6-8H2,1-2H3/t19-/m1/s1. The molecule has 3 nitrogen and oxygen atoms in total. The van der Waals surface area contributed by atoms with E-state index in [0.29, 0.717) is 18.1 Å². The molecule has 1 aliphatic heterocycles. The molecule has 1 heterocycles. The van der Waals surface area contributed by atoms with Crippen LogP contribution in [0.15, 0.2) is 18.2 Å². The van der Waals surface area contributed by atoms with Crippen molar-refractivity contribution < 1.29 is 13.4 Å². The SMILES string of the molecule is CC1(C)C[S@](=O)CCN1C(=O)c1cccc(F)c1Cl. The highest BCUT2D eigenvalue weighted by molar-refractivity contribution is 7.85. The summed E-state index contributed by atoms with van der Waals surface area (Å²) >= 11 is 5.85. The Hall–Kier alpha value is -0.940. The van der Waals surface area contributed by atoms with E-state index in [1.54, 1.807) is 4.90 Å². The fourth-order valence-electron chi connectivity index (χ4n) is 2.23. The van der Waals surface area contributed by atoms with E-state index in [4.69, 9.17) is 11.6 Å². The lowest BCUT2D eigenvalue weighted by molar-refractivity contribution is 0.0594. The summed E-state index contributed by atoms with van der Waals surface area (Å²) in [5.74, 6) is -0.0505. The first-order chi connectivity index (χ1) is 8.83. The number of nitrogens with zero attached hydrogens (tertiary/aromatic N) is 1. The fraction of sp³-hybridized carbons (Fsp3) is 0.462. The van der Waals surface area contributed by atoms with E-state index in [9.17, 15) is 13.4 Å². The van der Waals surface area contributed by atoms with Crippen LogP contribution in [0.1, 0.15) is 24.2 Å². The van der Waals surface area contributed by atoms with E-state index in [2.05, 4.69) is 0 Å². The summed E-state index contributed by atoms with van der Waals surface area (Å²) in [7, 11) is -0.914. The molecule has 0 unspecified atom stereocenters. The van der Waals surface area contributed by atoms with Gasteiger partial charge in [-0.1, -0.05) is 17.7 Å². The number of benzene rings is 1. The van der Waals surface area contributed by atoms with Crippen molar-refractivity contribution in [3.05, 3.63) is 34.6 Å². The van der Waals surface area contributed by atoms with Gasteiger partial charge < -0.3 is 4.90 Å². The Kier molecular flexibility index (Phi) is 3.97. The van der Waals surface area contributed by atoms with Gasteiger partial charge in [-0.2, -0.15) is 0 Å². The van der Waals surface area contributed by atoms with Crippen LogP contribution in [-0.4, -0.2) is 38.6 Å². The van der Waals surface area contributed by atoms with Gasteiger partial charge in [0.15, 0.2) is 0 Å². The molecule has 0 N–H and O–H groups in total. The van der Waals surface area contributed by atoms with E-state index in [-0.39, 0.29) is 16.5 Å². The summed E-state index contributed by atoms with van der Waals surface area (Å²) in [6.07, 6.45) is 0. The van der Waals surface area contributed by atoms with Gasteiger partial charge in [0.25, 0.3) is 5.91 Å². The number of halogens is 2. The van der Waals surface area contributed by atoms with Crippen LogP contribution in [0.25, 0.3) is 0 Å². The number of carbonyl (C=O) groups is 1. The fourth-order valence-corrected chi connectivity index (χ4v) is 3.91. The van der Waals surface area contributed by atoms with Crippen LogP contribution < -0.4 is 0 Å². The quantitative estimate of drug-likeness (QED) is 0.799. The molecule has 1 aromatic carbocycles. The summed E-state index contributed by atoms with van der Waals surface area (Å²) in [6.45, 7) is 4.11. The molecule has 6 heteroatoms. The molecule has 1 aromatic rings. The lowest BCUT2D eigenvalue weighted by atomic mass is 10.0. The molecule has 0 spiro atoms. The molecular weight excluding hydrogens is 289 g/mol. The zero-order chi connectivity index (χ0) is 14.2. The van der Waals surface area contributed by atoms with Crippen LogP contribution in [0.2, 0.25) is 5.02 Å². The van der Waals surface area contributed by atoms with E-state index >= 15 is 0 Å². The number of amides is 1. The van der Waals surface area contributed by atoms with Gasteiger partial charge in [0.05, 0.1) is 10.6 Å². The van der Waals surface area contributed by atoms with Gasteiger partial charge in [0.1, 0.15) is 5.82 Å². The highest BCUT2D eigenvalue weighted by Gasteiger charge is 2.37. The Morgan fingerprint density at radius 1 is 1.47 bits per heavy atom. The Bertz CT molecular complexity index is 547. The molecule has 1 atom stereocenters. The molecule has 1 aliphatic rings. The number of carbonyl (C=O) groups excluding carboxylic acids is 1. The summed E-state index contributed by atoms with van der Waals surface area (Å²) < 4.78 is 25.0. The van der Waals surface area contributed by atoms with Gasteiger partial charge in [0.2, 0.25) is 0 Å². The van der Waals surface area contributed by atoms with Crippen LogP contribution in [0.5, 0.6) is 0 Å². The van der Waals surface area contributed by atoms with Crippen molar-refractivity contribution >= 4 is 28.3 Å². The Labute approximate surface area is 119 Å². The summed E-state index contributed by atoms with van der Waals surface area (Å²) in [5, 5.41) is -0.157. The highest BCUT2D eigenvalue weighted by atomic mass is 35.5. The maximum Gasteiger partial charge on any atom is 0.255 e. The minimum atomic E-state index is -0.914. The molecule has 1 amide bonds. The molecule has 0 aromatic heterocycles. The smallest absolute Gasteiger partial charge is 0.255 e. The molecule has 0 bridgehead atoms. The van der Waals surface area contributed by atoms with Gasteiger partial charge in [-0.25, -0.2) is 4.39 Å². The average molecular weight is 304 g/mol. The van der Waals surface area contributed by atoms with Crippen LogP contribution in [0, 0.1) is 5.82 Å². The van der Waals surface area contributed by atoms with Crippen molar-refractivity contribution in [1.82, 2.24) is 4.90 Å². The van der Waals surface area contributed by atoms with E-state index < -0.39 is 22.2 Å². The Morgan fingerprint density at radius 2 is 2.16 bits per heavy atom. The third-order valence-corrected chi connectivity index (χ3v) is 5.27. The van der Waals surface area contributed by atoms with E-state index in [0.717, 1.165) is 0 Å². The lowest BCUT2D eigenvalue weighted by Gasteiger charge is -2.42. The van der Waals surface area contributed by atoms with Crippen LogP contribution in [0.3, 0.4) is 0 Å². The maximum atomic E-state index is 13.4.